The molecule has 1 aromatic rings. The van der Waals surface area contributed by atoms with Crippen molar-refractivity contribution < 1.29 is 0 Å². The lowest BCUT2D eigenvalue weighted by atomic mass is 9.83. The highest BCUT2D eigenvalue weighted by molar-refractivity contribution is 9.11. The van der Waals surface area contributed by atoms with Gasteiger partial charge in [0.05, 0.1) is 5.69 Å². The van der Waals surface area contributed by atoms with Gasteiger partial charge in [0.2, 0.25) is 0 Å². The summed E-state index contributed by atoms with van der Waals surface area (Å²) < 4.78 is 2.29. The lowest BCUT2D eigenvalue weighted by molar-refractivity contribution is 0.319. The zero-order valence-electron chi connectivity index (χ0n) is 10.9. The van der Waals surface area contributed by atoms with E-state index in [0.29, 0.717) is 6.04 Å². The largest absolute Gasteiger partial charge is 0.380 e. The van der Waals surface area contributed by atoms with Gasteiger partial charge < -0.3 is 5.32 Å². The Kier molecular flexibility index (Phi) is 5.56. The van der Waals surface area contributed by atoms with Crippen LogP contribution in [0.4, 0.5) is 5.69 Å². The molecule has 2 rings (SSSR count). The molecule has 0 aromatic heterocycles. The van der Waals surface area contributed by atoms with Gasteiger partial charge in [0.1, 0.15) is 0 Å². The quantitative estimate of drug-likeness (QED) is 0.683. The summed E-state index contributed by atoms with van der Waals surface area (Å²) in [5, 5.41) is 3.69. The Hall–Kier alpha value is -0.0200. The Bertz CT molecular complexity index is 364. The fourth-order valence-corrected chi connectivity index (χ4v) is 4.07. The zero-order valence-corrected chi connectivity index (χ0v) is 14.1. The SMILES string of the molecule is CCCC1CCC(Nc2c(Br)cccc2Br)CC1. The van der Waals surface area contributed by atoms with Crippen molar-refractivity contribution in [1.82, 2.24) is 0 Å². The Morgan fingerprint density at radius 1 is 1.11 bits per heavy atom. The Balaban J connectivity index is 1.92. The second kappa shape index (κ2) is 6.95. The summed E-state index contributed by atoms with van der Waals surface area (Å²) in [6.45, 7) is 2.29. The van der Waals surface area contributed by atoms with Gasteiger partial charge in [-0.2, -0.15) is 0 Å². The van der Waals surface area contributed by atoms with Crippen LogP contribution in [0.1, 0.15) is 45.4 Å². The van der Waals surface area contributed by atoms with Gasteiger partial charge in [-0.1, -0.05) is 25.8 Å². The van der Waals surface area contributed by atoms with Crippen LogP contribution in [0.25, 0.3) is 0 Å². The third-order valence-electron chi connectivity index (χ3n) is 3.85. The lowest BCUT2D eigenvalue weighted by Gasteiger charge is -2.30. The molecule has 0 bridgehead atoms. The highest BCUT2D eigenvalue weighted by Crippen LogP contribution is 2.34. The Morgan fingerprint density at radius 3 is 2.28 bits per heavy atom. The summed E-state index contributed by atoms with van der Waals surface area (Å²) in [5.74, 6) is 0.968. The minimum absolute atomic E-state index is 0.633. The summed E-state index contributed by atoms with van der Waals surface area (Å²) in [5.41, 5.74) is 1.21. The minimum atomic E-state index is 0.633. The van der Waals surface area contributed by atoms with Crippen LogP contribution in [0.15, 0.2) is 27.1 Å². The van der Waals surface area contributed by atoms with Crippen LogP contribution in [0, 0.1) is 5.92 Å². The van der Waals surface area contributed by atoms with Gasteiger partial charge >= 0.3 is 0 Å². The molecule has 1 aliphatic carbocycles. The number of nitrogens with one attached hydrogen (secondary N) is 1. The molecule has 1 aliphatic rings. The van der Waals surface area contributed by atoms with Crippen molar-refractivity contribution >= 4 is 37.5 Å². The molecule has 1 N–H and O–H groups in total. The first-order chi connectivity index (χ1) is 8.70. The van der Waals surface area contributed by atoms with Crippen molar-refractivity contribution in [3.05, 3.63) is 27.1 Å². The van der Waals surface area contributed by atoms with E-state index in [1.54, 1.807) is 0 Å². The topological polar surface area (TPSA) is 12.0 Å². The number of hydrogen-bond acceptors (Lipinski definition) is 1. The van der Waals surface area contributed by atoms with E-state index in [-0.39, 0.29) is 0 Å². The van der Waals surface area contributed by atoms with Crippen LogP contribution < -0.4 is 5.32 Å². The van der Waals surface area contributed by atoms with Crippen molar-refractivity contribution in [3.8, 4) is 0 Å². The zero-order chi connectivity index (χ0) is 13.0. The van der Waals surface area contributed by atoms with Crippen LogP contribution in [-0.4, -0.2) is 6.04 Å². The highest BCUT2D eigenvalue weighted by atomic mass is 79.9. The predicted molar refractivity (Wildman–Crippen MR) is 86.1 cm³/mol. The number of anilines is 1. The number of benzene rings is 1. The molecule has 18 heavy (non-hydrogen) atoms. The molecule has 0 radical (unpaired) electrons. The van der Waals surface area contributed by atoms with E-state index >= 15 is 0 Å². The summed E-state index contributed by atoms with van der Waals surface area (Å²) in [6.07, 6.45) is 8.11. The van der Waals surface area contributed by atoms with E-state index in [0.717, 1.165) is 14.9 Å². The number of halogens is 2. The summed E-state index contributed by atoms with van der Waals surface area (Å²) in [6, 6.07) is 6.87. The second-order valence-electron chi connectivity index (χ2n) is 5.25. The number of para-hydroxylation sites is 1. The first kappa shape index (κ1) is 14.4. The van der Waals surface area contributed by atoms with E-state index in [1.165, 1.54) is 44.2 Å². The summed E-state index contributed by atoms with van der Waals surface area (Å²) in [4.78, 5) is 0. The van der Waals surface area contributed by atoms with Crippen LogP contribution in [0.3, 0.4) is 0 Å². The van der Waals surface area contributed by atoms with Crippen molar-refractivity contribution in [3.63, 3.8) is 0 Å². The van der Waals surface area contributed by atoms with Gasteiger partial charge in [0.25, 0.3) is 0 Å². The van der Waals surface area contributed by atoms with Gasteiger partial charge in [-0.05, 0) is 75.6 Å². The molecule has 1 aromatic carbocycles. The van der Waals surface area contributed by atoms with E-state index in [1.807, 2.05) is 0 Å². The average Bonchev–Trinajstić information content (AvgIpc) is 2.36. The molecule has 0 aliphatic heterocycles. The van der Waals surface area contributed by atoms with Crippen LogP contribution >= 0.6 is 31.9 Å². The van der Waals surface area contributed by atoms with Crippen LogP contribution in [0.2, 0.25) is 0 Å². The molecule has 100 valence electrons. The Morgan fingerprint density at radius 2 is 1.72 bits per heavy atom. The van der Waals surface area contributed by atoms with Gasteiger partial charge in [-0.15, -0.1) is 0 Å². The van der Waals surface area contributed by atoms with E-state index < -0.39 is 0 Å². The van der Waals surface area contributed by atoms with Crippen LogP contribution in [-0.2, 0) is 0 Å². The first-order valence-electron chi connectivity index (χ1n) is 6.91. The number of hydrogen-bond donors (Lipinski definition) is 1. The van der Waals surface area contributed by atoms with Gasteiger partial charge in [0.15, 0.2) is 0 Å². The monoisotopic (exact) mass is 373 g/mol. The maximum atomic E-state index is 3.69. The molecular weight excluding hydrogens is 354 g/mol. The summed E-state index contributed by atoms with van der Waals surface area (Å²) >= 11 is 7.24. The molecule has 0 atom stereocenters. The molecule has 0 spiro atoms. The standard InChI is InChI=1S/C15H21Br2N/c1-2-4-11-7-9-12(10-8-11)18-15-13(16)5-3-6-14(15)17/h3,5-6,11-12,18H,2,4,7-10H2,1H3. The third-order valence-corrected chi connectivity index (χ3v) is 5.18. The molecule has 0 saturated heterocycles. The molecule has 1 nitrogen and oxygen atoms in total. The highest BCUT2D eigenvalue weighted by Gasteiger charge is 2.21. The molecule has 0 heterocycles. The van der Waals surface area contributed by atoms with Gasteiger partial charge in [-0.25, -0.2) is 0 Å². The van der Waals surface area contributed by atoms with E-state index in [2.05, 4.69) is 62.3 Å². The summed E-state index contributed by atoms with van der Waals surface area (Å²) in [7, 11) is 0. The van der Waals surface area contributed by atoms with E-state index in [4.69, 9.17) is 0 Å². The first-order valence-corrected chi connectivity index (χ1v) is 8.50. The molecule has 0 amide bonds. The molecule has 1 saturated carbocycles. The molecule has 3 heteroatoms. The Labute approximate surface area is 127 Å². The lowest BCUT2D eigenvalue weighted by Crippen LogP contribution is -2.26. The maximum Gasteiger partial charge on any atom is 0.0631 e. The normalized spacial score (nSPS) is 23.9. The van der Waals surface area contributed by atoms with Crippen molar-refractivity contribution in [2.75, 3.05) is 5.32 Å². The van der Waals surface area contributed by atoms with E-state index in [9.17, 15) is 0 Å². The number of rotatable bonds is 4. The third kappa shape index (κ3) is 3.74. The minimum Gasteiger partial charge on any atom is -0.380 e. The average molecular weight is 375 g/mol. The molecular formula is C15H21Br2N. The smallest absolute Gasteiger partial charge is 0.0631 e. The molecule has 0 unspecified atom stereocenters. The van der Waals surface area contributed by atoms with Crippen molar-refractivity contribution in [2.24, 2.45) is 5.92 Å². The van der Waals surface area contributed by atoms with Crippen LogP contribution in [0.5, 0.6) is 0 Å². The fraction of sp³-hybridized carbons (Fsp3) is 0.600. The molecule has 1 fully saturated rings. The second-order valence-corrected chi connectivity index (χ2v) is 6.96. The van der Waals surface area contributed by atoms with Crippen molar-refractivity contribution in [1.29, 1.82) is 0 Å². The maximum absolute atomic E-state index is 3.69. The van der Waals surface area contributed by atoms with Crippen molar-refractivity contribution in [2.45, 2.75) is 51.5 Å². The fourth-order valence-electron chi connectivity index (χ4n) is 2.84. The van der Waals surface area contributed by atoms with Gasteiger partial charge in [-0.3, -0.25) is 0 Å². The predicted octanol–water partition coefficient (Wildman–Crippen LogP) is 5.98. The van der Waals surface area contributed by atoms with Gasteiger partial charge in [0, 0.05) is 15.0 Å².